The molecule has 6 nitrogen and oxygen atoms in total. The number of allylic oxidation sites excluding steroid dienone is 1. The summed E-state index contributed by atoms with van der Waals surface area (Å²) >= 11 is 0. The molecule has 0 saturated heterocycles. The number of nitrogens with one attached hydrogen (secondary N) is 1. The third-order valence-electron chi connectivity index (χ3n) is 1.84. The van der Waals surface area contributed by atoms with Crippen LogP contribution in [0.3, 0.4) is 0 Å². The lowest BCUT2D eigenvalue weighted by atomic mass is 10.2. The summed E-state index contributed by atoms with van der Waals surface area (Å²) in [5, 5.41) is 15.3. The average Bonchev–Trinajstić information content (AvgIpc) is 2.51. The van der Waals surface area contributed by atoms with E-state index in [-0.39, 0.29) is 11.7 Å². The number of anilines is 1. The molecule has 0 radical (unpaired) electrons. The number of fused-ring (bicyclic) bond motifs is 1. The van der Waals surface area contributed by atoms with Gasteiger partial charge in [-0.05, 0) is 13.0 Å². The maximum Gasteiger partial charge on any atom is 0.352 e. The van der Waals surface area contributed by atoms with Crippen molar-refractivity contribution in [2.75, 3.05) is 5.32 Å². The fourth-order valence-electron chi connectivity index (χ4n) is 1.24. The number of hydrogen-bond donors (Lipinski definition) is 2. The smallest absolute Gasteiger partial charge is 0.352 e. The van der Waals surface area contributed by atoms with Gasteiger partial charge in [0.15, 0.2) is 0 Å². The zero-order chi connectivity index (χ0) is 9.42. The van der Waals surface area contributed by atoms with Gasteiger partial charge < -0.3 is 10.4 Å². The van der Waals surface area contributed by atoms with Crippen LogP contribution in [0.25, 0.3) is 0 Å². The quantitative estimate of drug-likeness (QED) is 0.646. The van der Waals surface area contributed by atoms with Gasteiger partial charge >= 0.3 is 5.97 Å². The van der Waals surface area contributed by atoms with E-state index < -0.39 is 5.97 Å². The van der Waals surface area contributed by atoms with E-state index in [1.165, 1.54) is 6.33 Å². The van der Waals surface area contributed by atoms with E-state index in [1.807, 2.05) is 6.92 Å². The second-order valence-electron chi connectivity index (χ2n) is 2.78. The molecule has 2 N–H and O–H groups in total. The predicted octanol–water partition coefficient (Wildman–Crippen LogP) is 0.233. The highest BCUT2D eigenvalue weighted by molar-refractivity contribution is 5.90. The Balaban J connectivity index is 2.39. The normalized spacial score (nSPS) is 20.1. The largest absolute Gasteiger partial charge is 0.477 e. The summed E-state index contributed by atoms with van der Waals surface area (Å²) in [5.41, 5.74) is 0.146. The molecule has 1 atom stereocenters. The number of carboxylic acid groups (broad SMARTS) is 1. The summed E-state index contributed by atoms with van der Waals surface area (Å²) in [4.78, 5) is 14.5. The van der Waals surface area contributed by atoms with E-state index in [0.717, 1.165) is 0 Å². The van der Waals surface area contributed by atoms with Crippen LogP contribution in [0.4, 0.5) is 5.95 Å². The molecule has 13 heavy (non-hydrogen) atoms. The summed E-state index contributed by atoms with van der Waals surface area (Å²) in [6.07, 6.45) is 2.97. The molecule has 68 valence electrons. The van der Waals surface area contributed by atoms with Crippen molar-refractivity contribution in [2.45, 2.75) is 13.0 Å². The van der Waals surface area contributed by atoms with Gasteiger partial charge in [-0.15, -0.1) is 0 Å². The molecule has 6 heteroatoms. The van der Waals surface area contributed by atoms with E-state index in [9.17, 15) is 4.79 Å². The van der Waals surface area contributed by atoms with Crippen LogP contribution < -0.4 is 5.32 Å². The van der Waals surface area contributed by atoms with Gasteiger partial charge in [0.2, 0.25) is 5.95 Å². The van der Waals surface area contributed by atoms with Crippen molar-refractivity contribution in [1.29, 1.82) is 0 Å². The van der Waals surface area contributed by atoms with Gasteiger partial charge in [-0.25, -0.2) is 9.48 Å². The monoisotopic (exact) mass is 180 g/mol. The Hall–Kier alpha value is -1.85. The molecule has 1 aliphatic rings. The van der Waals surface area contributed by atoms with Crippen LogP contribution in [0.2, 0.25) is 0 Å². The molecular weight excluding hydrogens is 172 g/mol. The molecule has 1 aromatic rings. The number of carbonyl (C=O) groups is 1. The summed E-state index contributed by atoms with van der Waals surface area (Å²) in [6, 6.07) is -0.0788. The second kappa shape index (κ2) is 2.58. The fourth-order valence-corrected chi connectivity index (χ4v) is 1.24. The van der Waals surface area contributed by atoms with Crippen molar-refractivity contribution in [3.05, 3.63) is 18.1 Å². The summed E-state index contributed by atoms with van der Waals surface area (Å²) in [5.74, 6) is -0.520. The maximum absolute atomic E-state index is 10.6. The number of aliphatic carboxylic acids is 1. The van der Waals surface area contributed by atoms with Crippen molar-refractivity contribution in [1.82, 2.24) is 14.8 Å². The Kier molecular flexibility index (Phi) is 1.54. The van der Waals surface area contributed by atoms with Gasteiger partial charge in [0.1, 0.15) is 12.0 Å². The lowest BCUT2D eigenvalue weighted by Crippen LogP contribution is -2.22. The Labute approximate surface area is 73.9 Å². The van der Waals surface area contributed by atoms with Gasteiger partial charge in [-0.1, -0.05) is 0 Å². The lowest BCUT2D eigenvalue weighted by Gasteiger charge is -2.18. The van der Waals surface area contributed by atoms with Gasteiger partial charge in [0.25, 0.3) is 0 Å². The number of hydrogen-bond acceptors (Lipinski definition) is 4. The number of carboxylic acids is 1. The Morgan fingerprint density at radius 3 is 3.23 bits per heavy atom. The third kappa shape index (κ3) is 1.16. The van der Waals surface area contributed by atoms with Gasteiger partial charge in [-0.3, -0.25) is 0 Å². The molecule has 0 bridgehead atoms. The van der Waals surface area contributed by atoms with Gasteiger partial charge in [-0.2, -0.15) is 10.1 Å². The SMILES string of the molecule is C[C@@H]1C=C(C(=O)O)Nc2ncnn21. The highest BCUT2D eigenvalue weighted by Crippen LogP contribution is 2.20. The van der Waals surface area contributed by atoms with E-state index in [0.29, 0.717) is 5.95 Å². The van der Waals surface area contributed by atoms with Crippen LogP contribution in [0.1, 0.15) is 13.0 Å². The van der Waals surface area contributed by atoms with Crippen LogP contribution in [0, 0.1) is 0 Å². The summed E-state index contributed by atoms with van der Waals surface area (Å²) in [7, 11) is 0. The fraction of sp³-hybridized carbons (Fsp3) is 0.286. The zero-order valence-electron chi connectivity index (χ0n) is 6.93. The molecular formula is C7H8N4O2. The number of nitrogens with zero attached hydrogens (tertiary/aromatic N) is 3. The van der Waals surface area contributed by atoms with Crippen LogP contribution in [-0.2, 0) is 4.79 Å². The van der Waals surface area contributed by atoms with Crippen LogP contribution in [0.5, 0.6) is 0 Å². The molecule has 0 fully saturated rings. The van der Waals surface area contributed by atoms with Crippen molar-refractivity contribution in [3.63, 3.8) is 0 Å². The highest BCUT2D eigenvalue weighted by Gasteiger charge is 2.20. The number of aromatic nitrogens is 3. The minimum atomic E-state index is -0.985. The molecule has 0 amide bonds. The second-order valence-corrected chi connectivity index (χ2v) is 2.78. The highest BCUT2D eigenvalue weighted by atomic mass is 16.4. The van der Waals surface area contributed by atoms with E-state index in [1.54, 1.807) is 10.8 Å². The third-order valence-corrected chi connectivity index (χ3v) is 1.84. The van der Waals surface area contributed by atoms with Crippen LogP contribution >= 0.6 is 0 Å². The molecule has 2 heterocycles. The van der Waals surface area contributed by atoms with Crippen molar-refractivity contribution in [3.8, 4) is 0 Å². The number of rotatable bonds is 1. The molecule has 0 aliphatic carbocycles. The Morgan fingerprint density at radius 1 is 1.77 bits per heavy atom. The molecule has 0 saturated carbocycles. The average molecular weight is 180 g/mol. The first-order chi connectivity index (χ1) is 6.18. The topological polar surface area (TPSA) is 80.0 Å². The molecule has 1 aromatic heterocycles. The summed E-state index contributed by atoms with van der Waals surface area (Å²) in [6.45, 7) is 1.85. The van der Waals surface area contributed by atoms with Crippen molar-refractivity contribution in [2.24, 2.45) is 0 Å². The van der Waals surface area contributed by atoms with Crippen LogP contribution in [0.15, 0.2) is 18.1 Å². The molecule has 0 unspecified atom stereocenters. The molecule has 1 aliphatic heterocycles. The Morgan fingerprint density at radius 2 is 2.54 bits per heavy atom. The standard InChI is InChI=1S/C7H8N4O2/c1-4-2-5(6(12)13)10-7-8-3-9-11(4)7/h2-4H,1H3,(H,12,13)(H,8,9,10)/t4-/m1/s1. The summed E-state index contributed by atoms with van der Waals surface area (Å²) < 4.78 is 1.62. The van der Waals surface area contributed by atoms with E-state index >= 15 is 0 Å². The van der Waals surface area contributed by atoms with Crippen molar-refractivity contribution >= 4 is 11.9 Å². The minimum Gasteiger partial charge on any atom is -0.477 e. The first-order valence-electron chi connectivity index (χ1n) is 3.80. The molecule has 2 rings (SSSR count). The first-order valence-corrected chi connectivity index (χ1v) is 3.80. The molecule has 0 spiro atoms. The predicted molar refractivity (Wildman–Crippen MR) is 44.1 cm³/mol. The van der Waals surface area contributed by atoms with Gasteiger partial charge in [0.05, 0.1) is 6.04 Å². The Bertz CT molecular complexity index is 382. The lowest BCUT2D eigenvalue weighted by molar-refractivity contribution is -0.132. The van der Waals surface area contributed by atoms with E-state index in [4.69, 9.17) is 5.11 Å². The van der Waals surface area contributed by atoms with Gasteiger partial charge in [0, 0.05) is 0 Å². The van der Waals surface area contributed by atoms with E-state index in [2.05, 4.69) is 15.4 Å². The zero-order valence-corrected chi connectivity index (χ0v) is 6.93. The molecule has 0 aromatic carbocycles. The minimum absolute atomic E-state index is 0.0788. The van der Waals surface area contributed by atoms with Crippen molar-refractivity contribution < 1.29 is 9.90 Å². The van der Waals surface area contributed by atoms with Crippen LogP contribution in [-0.4, -0.2) is 25.8 Å². The first kappa shape index (κ1) is 7.78. The maximum atomic E-state index is 10.6.